The molecule has 5 rings (SSSR count). The lowest BCUT2D eigenvalue weighted by Gasteiger charge is -2.41. The third-order valence-electron chi connectivity index (χ3n) is 6.13. The second-order valence-electron chi connectivity index (χ2n) is 8.06. The van der Waals surface area contributed by atoms with E-state index in [1.54, 1.807) is 23.0 Å². The van der Waals surface area contributed by atoms with Gasteiger partial charge in [-0.15, -0.1) is 0 Å². The summed E-state index contributed by atoms with van der Waals surface area (Å²) in [6, 6.07) is 7.59. The Morgan fingerprint density at radius 2 is 1.94 bits per heavy atom. The molecule has 1 N–H and O–H groups in total. The lowest BCUT2D eigenvalue weighted by Crippen LogP contribution is -2.50. The number of nitrogens with zero attached hydrogens (tertiary/aromatic N) is 3. The van der Waals surface area contributed by atoms with E-state index >= 15 is 0 Å². The van der Waals surface area contributed by atoms with Gasteiger partial charge in [-0.2, -0.15) is 18.3 Å². The maximum absolute atomic E-state index is 13.6. The number of rotatable bonds is 3. The number of carbonyl (C=O) groups is 1. The zero-order chi connectivity index (χ0) is 22.5. The summed E-state index contributed by atoms with van der Waals surface area (Å²) in [5.74, 6) is -0.799. The Bertz CT molecular complexity index is 1230. The van der Waals surface area contributed by atoms with Crippen molar-refractivity contribution in [1.82, 2.24) is 20.1 Å². The van der Waals surface area contributed by atoms with Crippen LogP contribution in [-0.2, 0) is 12.6 Å². The number of hydrogen-bond acceptors (Lipinski definition) is 4. The Morgan fingerprint density at radius 3 is 2.69 bits per heavy atom. The van der Waals surface area contributed by atoms with Crippen molar-refractivity contribution in [3.63, 3.8) is 0 Å². The van der Waals surface area contributed by atoms with E-state index in [1.165, 1.54) is 12.1 Å². The van der Waals surface area contributed by atoms with Crippen LogP contribution in [0.3, 0.4) is 0 Å². The van der Waals surface area contributed by atoms with Crippen molar-refractivity contribution in [2.45, 2.75) is 19.0 Å². The second kappa shape index (κ2) is 7.37. The van der Waals surface area contributed by atoms with E-state index in [4.69, 9.17) is 0 Å². The molecule has 32 heavy (non-hydrogen) atoms. The normalized spacial score (nSPS) is 20.3. The summed E-state index contributed by atoms with van der Waals surface area (Å²) < 4.78 is 54.6. The van der Waals surface area contributed by atoms with Crippen molar-refractivity contribution in [2.75, 3.05) is 13.1 Å². The molecule has 9 heteroatoms. The van der Waals surface area contributed by atoms with Gasteiger partial charge in [0.1, 0.15) is 11.5 Å². The van der Waals surface area contributed by atoms with Crippen molar-refractivity contribution in [1.29, 1.82) is 0 Å². The highest BCUT2D eigenvalue weighted by Crippen LogP contribution is 2.44. The van der Waals surface area contributed by atoms with Gasteiger partial charge in [0.05, 0.1) is 28.6 Å². The monoisotopic (exact) mass is 442 g/mol. The number of fused-ring (bicyclic) bond motifs is 2. The fourth-order valence-electron chi connectivity index (χ4n) is 4.51. The Labute approximate surface area is 180 Å². The Morgan fingerprint density at radius 1 is 1.16 bits per heavy atom. The van der Waals surface area contributed by atoms with Crippen LogP contribution in [0.1, 0.15) is 33.7 Å². The number of pyridine rings is 1. The third-order valence-corrected chi connectivity index (χ3v) is 6.13. The molecule has 5 nitrogen and oxygen atoms in total. The zero-order valence-electron chi connectivity index (χ0n) is 16.8. The van der Waals surface area contributed by atoms with E-state index in [9.17, 15) is 22.4 Å². The van der Waals surface area contributed by atoms with Gasteiger partial charge in [0.2, 0.25) is 0 Å². The average Bonchev–Trinajstić information content (AvgIpc) is 3.19. The van der Waals surface area contributed by atoms with Gasteiger partial charge in [0, 0.05) is 12.7 Å². The molecule has 2 aromatic heterocycles. The van der Waals surface area contributed by atoms with Crippen molar-refractivity contribution >= 4 is 11.9 Å². The summed E-state index contributed by atoms with van der Waals surface area (Å²) in [4.78, 5) is 17.5. The van der Waals surface area contributed by atoms with E-state index < -0.39 is 22.9 Å². The van der Waals surface area contributed by atoms with Gasteiger partial charge in [-0.3, -0.25) is 9.78 Å². The van der Waals surface area contributed by atoms with E-state index in [-0.39, 0.29) is 11.5 Å². The Hall–Kier alpha value is -3.33. The van der Waals surface area contributed by atoms with E-state index in [2.05, 4.69) is 15.4 Å². The predicted molar refractivity (Wildman–Crippen MR) is 109 cm³/mol. The van der Waals surface area contributed by atoms with E-state index in [0.717, 1.165) is 35.2 Å². The fourth-order valence-corrected chi connectivity index (χ4v) is 4.51. The van der Waals surface area contributed by atoms with Crippen molar-refractivity contribution in [3.05, 3.63) is 82.7 Å². The number of alkyl halides is 3. The van der Waals surface area contributed by atoms with Crippen LogP contribution in [0.4, 0.5) is 17.6 Å². The molecule has 164 valence electrons. The van der Waals surface area contributed by atoms with Crippen LogP contribution in [0.25, 0.3) is 11.8 Å². The van der Waals surface area contributed by atoms with Crippen LogP contribution < -0.4 is 5.32 Å². The molecule has 1 unspecified atom stereocenters. The molecular formula is C23H18F4N4O. The summed E-state index contributed by atoms with van der Waals surface area (Å²) in [7, 11) is 0. The molecule has 2 aliphatic rings. The quantitative estimate of drug-likeness (QED) is 0.487. The largest absolute Gasteiger partial charge is 0.416 e. The summed E-state index contributed by atoms with van der Waals surface area (Å²) in [6.45, 7) is 0.952. The number of hydrogen-bond donors (Lipinski definition) is 1. The van der Waals surface area contributed by atoms with Crippen LogP contribution in [-0.4, -0.2) is 33.6 Å². The molecule has 0 bridgehead atoms. The lowest BCUT2D eigenvalue weighted by atomic mass is 9.65. The van der Waals surface area contributed by atoms with Crippen LogP contribution in [0.2, 0.25) is 0 Å². The molecule has 0 amide bonds. The first-order chi connectivity index (χ1) is 15.3. The molecule has 1 saturated heterocycles. The van der Waals surface area contributed by atoms with Gasteiger partial charge in [-0.05, 0) is 67.4 Å². The molecule has 1 aromatic carbocycles. The number of piperidine rings is 1. The number of Topliss-reactive ketones (excluding diaryl/α,β-unsaturated/α-hetero) is 1. The third kappa shape index (κ3) is 3.33. The molecule has 0 radical (unpaired) electrons. The number of benzene rings is 1. The fraction of sp³-hybridized carbons (Fsp3) is 0.261. The first-order valence-corrected chi connectivity index (χ1v) is 10.1. The van der Waals surface area contributed by atoms with Gasteiger partial charge in [0.25, 0.3) is 0 Å². The average molecular weight is 442 g/mol. The zero-order valence-corrected chi connectivity index (χ0v) is 16.8. The van der Waals surface area contributed by atoms with Gasteiger partial charge in [-0.25, -0.2) is 9.07 Å². The highest BCUT2D eigenvalue weighted by atomic mass is 19.4. The highest BCUT2D eigenvalue weighted by Gasteiger charge is 2.47. The highest BCUT2D eigenvalue weighted by molar-refractivity contribution is 6.03. The molecule has 1 fully saturated rings. The first-order valence-electron chi connectivity index (χ1n) is 10.1. The number of halogens is 4. The molecule has 1 atom stereocenters. The summed E-state index contributed by atoms with van der Waals surface area (Å²) in [5.41, 5.74) is 0.953. The smallest absolute Gasteiger partial charge is 0.315 e. The molecule has 0 saturated carbocycles. The lowest BCUT2D eigenvalue weighted by molar-refractivity contribution is -0.137. The topological polar surface area (TPSA) is 59.8 Å². The number of aromatic nitrogens is 3. The summed E-state index contributed by atoms with van der Waals surface area (Å²) >= 11 is 0. The second-order valence-corrected chi connectivity index (χ2v) is 8.06. The Kier molecular flexibility index (Phi) is 4.74. The van der Waals surface area contributed by atoms with Crippen molar-refractivity contribution < 1.29 is 22.4 Å². The van der Waals surface area contributed by atoms with Crippen molar-refractivity contribution in [3.8, 4) is 5.69 Å². The van der Waals surface area contributed by atoms with Gasteiger partial charge < -0.3 is 5.32 Å². The first kappa shape index (κ1) is 20.6. The number of nitrogens with one attached hydrogen (secondary N) is 1. The predicted octanol–water partition coefficient (Wildman–Crippen LogP) is 4.23. The van der Waals surface area contributed by atoms with E-state index in [0.29, 0.717) is 31.6 Å². The molecular weight excluding hydrogens is 424 g/mol. The SMILES string of the molecule is O=C(c1cc(C(F)(F)F)ccn1)C12CNCCC1=Cc1c(cnn1-c1ccc(F)cc1)C2. The molecule has 1 aliphatic heterocycles. The maximum Gasteiger partial charge on any atom is 0.416 e. The van der Waals surface area contributed by atoms with Crippen LogP contribution >= 0.6 is 0 Å². The molecule has 1 aliphatic carbocycles. The van der Waals surface area contributed by atoms with Crippen molar-refractivity contribution in [2.24, 2.45) is 5.41 Å². The van der Waals surface area contributed by atoms with Crippen LogP contribution in [0.15, 0.2) is 54.4 Å². The minimum absolute atomic E-state index is 0.205. The minimum Gasteiger partial charge on any atom is -0.315 e. The summed E-state index contributed by atoms with van der Waals surface area (Å²) in [6.07, 6.45) is 0.858. The van der Waals surface area contributed by atoms with Gasteiger partial charge in [0.15, 0.2) is 5.78 Å². The van der Waals surface area contributed by atoms with Gasteiger partial charge >= 0.3 is 6.18 Å². The van der Waals surface area contributed by atoms with Gasteiger partial charge in [-0.1, -0.05) is 5.57 Å². The standard InChI is InChI=1S/C23H18F4N4O/c24-17-1-3-18(4-2-17)31-20-10-15-5-7-28-13-22(15,11-14(20)12-30-31)21(32)19-9-16(6-8-29-19)23(25,26)27/h1-4,6,8-10,12,28H,5,7,11,13H2. The molecule has 3 aromatic rings. The molecule has 0 spiro atoms. The van der Waals surface area contributed by atoms with E-state index in [1.807, 2.05) is 6.08 Å². The van der Waals surface area contributed by atoms with Crippen LogP contribution in [0, 0.1) is 11.2 Å². The maximum atomic E-state index is 13.6. The minimum atomic E-state index is -4.56. The number of carbonyl (C=O) groups excluding carboxylic acids is 1. The number of ketones is 1. The summed E-state index contributed by atoms with van der Waals surface area (Å²) in [5, 5.41) is 7.63. The van der Waals surface area contributed by atoms with Crippen LogP contribution in [0.5, 0.6) is 0 Å². The Balaban J connectivity index is 1.57. The molecule has 3 heterocycles.